The summed E-state index contributed by atoms with van der Waals surface area (Å²) >= 11 is 0. The zero-order valence-electron chi connectivity index (χ0n) is 31.4. The van der Waals surface area contributed by atoms with E-state index in [1.165, 1.54) is 88.3 Å². The lowest BCUT2D eigenvalue weighted by Crippen LogP contribution is -2.59. The molecule has 2 nitrogen and oxygen atoms in total. The lowest BCUT2D eigenvalue weighted by atomic mass is 9.32. The molecule has 3 aliphatic rings. The van der Waals surface area contributed by atoms with Crippen LogP contribution in [0.15, 0.2) is 199 Å². The Morgan fingerprint density at radius 2 is 1.09 bits per heavy atom. The van der Waals surface area contributed by atoms with E-state index in [-0.39, 0.29) is 6.71 Å². The molecular formula is C55H32BNO. The fraction of sp³-hybridized carbons (Fsp3) is 0.0182. The average Bonchev–Trinajstić information content (AvgIpc) is 4.01. The van der Waals surface area contributed by atoms with Crippen molar-refractivity contribution in [2.45, 2.75) is 5.41 Å². The Bertz CT molecular complexity index is 3540. The summed E-state index contributed by atoms with van der Waals surface area (Å²) in [5.41, 5.74) is 22.3. The van der Waals surface area contributed by atoms with Crippen LogP contribution >= 0.6 is 0 Å². The molecule has 58 heavy (non-hydrogen) atoms. The minimum absolute atomic E-state index is 0.138. The van der Waals surface area contributed by atoms with E-state index in [0.29, 0.717) is 0 Å². The minimum atomic E-state index is -0.401. The maximum atomic E-state index is 6.94. The SMILES string of the molecule is c1ccc(-n2c3ccccc3c3c(-c4ccc5c(c4)-c4cccc6c4B5c4ccccc4C64c5ccccc5-c5ccccc54)c4oc5ccccc5c4cc32)cc1. The van der Waals surface area contributed by atoms with E-state index in [1.807, 2.05) is 0 Å². The Kier molecular flexibility index (Phi) is 5.81. The minimum Gasteiger partial charge on any atom is -0.455 e. The van der Waals surface area contributed by atoms with Gasteiger partial charge in [0.25, 0.3) is 0 Å². The number of para-hydroxylation sites is 3. The Morgan fingerprint density at radius 3 is 1.91 bits per heavy atom. The van der Waals surface area contributed by atoms with E-state index in [0.717, 1.165) is 33.2 Å². The molecule has 1 aliphatic carbocycles. The van der Waals surface area contributed by atoms with Crippen molar-refractivity contribution in [1.29, 1.82) is 0 Å². The molecule has 0 N–H and O–H groups in total. The Balaban J connectivity index is 1.09. The molecule has 2 aliphatic heterocycles. The number of nitrogens with zero attached hydrogens (tertiary/aromatic N) is 1. The van der Waals surface area contributed by atoms with Gasteiger partial charge in [0.05, 0.1) is 16.4 Å². The predicted molar refractivity (Wildman–Crippen MR) is 241 cm³/mol. The van der Waals surface area contributed by atoms with Crippen LogP contribution in [0.4, 0.5) is 0 Å². The predicted octanol–water partition coefficient (Wildman–Crippen LogP) is 11.5. The Labute approximate surface area is 335 Å². The van der Waals surface area contributed by atoms with E-state index in [9.17, 15) is 0 Å². The summed E-state index contributed by atoms with van der Waals surface area (Å²) in [5.74, 6) is 0. The van der Waals surface area contributed by atoms with Crippen LogP contribution in [-0.4, -0.2) is 11.3 Å². The number of rotatable bonds is 2. The third-order valence-corrected chi connectivity index (χ3v) is 13.7. The van der Waals surface area contributed by atoms with Crippen molar-refractivity contribution in [2.75, 3.05) is 0 Å². The van der Waals surface area contributed by atoms with Gasteiger partial charge in [-0.3, -0.25) is 0 Å². The van der Waals surface area contributed by atoms with Gasteiger partial charge < -0.3 is 8.98 Å². The van der Waals surface area contributed by atoms with E-state index in [1.54, 1.807) is 0 Å². The van der Waals surface area contributed by atoms with E-state index < -0.39 is 5.41 Å². The second kappa shape index (κ2) is 10.9. The highest BCUT2D eigenvalue weighted by Crippen LogP contribution is 2.57. The number of aromatic nitrogens is 1. The monoisotopic (exact) mass is 733 g/mol. The summed E-state index contributed by atoms with van der Waals surface area (Å²) in [6.07, 6.45) is 0. The third kappa shape index (κ3) is 3.62. The number of benzene rings is 9. The average molecular weight is 734 g/mol. The van der Waals surface area contributed by atoms with Crippen molar-refractivity contribution in [2.24, 2.45) is 0 Å². The summed E-state index contributed by atoms with van der Waals surface area (Å²) in [5, 5.41) is 4.69. The van der Waals surface area contributed by atoms with Gasteiger partial charge in [0.2, 0.25) is 6.71 Å². The summed E-state index contributed by atoms with van der Waals surface area (Å²) in [6.45, 7) is 0.138. The lowest BCUT2D eigenvalue weighted by molar-refractivity contribution is 0.670. The molecule has 0 amide bonds. The molecule has 0 radical (unpaired) electrons. The highest BCUT2D eigenvalue weighted by Gasteiger charge is 2.54. The van der Waals surface area contributed by atoms with Crippen LogP contribution in [0.1, 0.15) is 22.3 Å². The lowest BCUT2D eigenvalue weighted by Gasteiger charge is -2.42. The smallest absolute Gasteiger partial charge is 0.243 e. The number of hydrogen-bond acceptors (Lipinski definition) is 1. The summed E-state index contributed by atoms with van der Waals surface area (Å²) in [4.78, 5) is 0. The molecule has 1 spiro atoms. The molecule has 11 aromatic rings. The molecule has 3 heteroatoms. The van der Waals surface area contributed by atoms with Crippen LogP contribution in [0.25, 0.3) is 82.8 Å². The molecule has 4 heterocycles. The van der Waals surface area contributed by atoms with Gasteiger partial charge in [-0.25, -0.2) is 0 Å². The number of hydrogen-bond donors (Lipinski definition) is 0. The second-order valence-corrected chi connectivity index (χ2v) is 16.2. The van der Waals surface area contributed by atoms with Crippen molar-refractivity contribution < 1.29 is 4.42 Å². The van der Waals surface area contributed by atoms with Crippen LogP contribution in [0.2, 0.25) is 0 Å². The van der Waals surface area contributed by atoms with Crippen molar-refractivity contribution >= 4 is 66.8 Å². The van der Waals surface area contributed by atoms with Gasteiger partial charge in [0.15, 0.2) is 0 Å². The molecule has 0 saturated carbocycles. The largest absolute Gasteiger partial charge is 0.455 e. The first-order chi connectivity index (χ1) is 28.8. The number of furan rings is 1. The maximum absolute atomic E-state index is 6.94. The third-order valence-electron chi connectivity index (χ3n) is 13.7. The van der Waals surface area contributed by atoms with E-state index in [2.05, 4.69) is 199 Å². The van der Waals surface area contributed by atoms with Crippen LogP contribution in [0.3, 0.4) is 0 Å². The molecule has 0 unspecified atom stereocenters. The van der Waals surface area contributed by atoms with Crippen LogP contribution in [-0.2, 0) is 5.41 Å². The molecule has 266 valence electrons. The van der Waals surface area contributed by atoms with Crippen molar-refractivity contribution in [1.82, 2.24) is 4.57 Å². The summed E-state index contributed by atoms with van der Waals surface area (Å²) < 4.78 is 9.36. The zero-order chi connectivity index (χ0) is 37.7. The zero-order valence-corrected chi connectivity index (χ0v) is 31.4. The van der Waals surface area contributed by atoms with Gasteiger partial charge in [0, 0.05) is 32.8 Å². The molecular weight excluding hydrogens is 701 g/mol. The summed E-state index contributed by atoms with van der Waals surface area (Å²) in [6, 6.07) is 72.3. The fourth-order valence-corrected chi connectivity index (χ4v) is 11.6. The molecule has 0 fully saturated rings. The van der Waals surface area contributed by atoms with Gasteiger partial charge in [-0.15, -0.1) is 0 Å². The molecule has 0 saturated heterocycles. The molecule has 0 atom stereocenters. The molecule has 0 bridgehead atoms. The summed E-state index contributed by atoms with van der Waals surface area (Å²) in [7, 11) is 0. The van der Waals surface area contributed by atoms with Crippen molar-refractivity contribution in [3.05, 3.63) is 216 Å². The Morgan fingerprint density at radius 1 is 0.431 bits per heavy atom. The standard InChI is InChI=1S/C55H32BNO/c1-2-15-34(16-3-1)57-48-27-12-6-20-39(48)52-49(57)32-41-37-19-7-13-28-50(37)58-54(41)51(52)33-29-30-46-40(31-33)38-21-14-25-45-53(38)56(46)47-26-11-10-24-44(47)55(45)42-22-8-4-17-35(42)36-18-5-9-23-43(36)55/h1-32H. The molecule has 14 rings (SSSR count). The highest BCUT2D eigenvalue weighted by molar-refractivity contribution is 7.00. The first-order valence-corrected chi connectivity index (χ1v) is 20.3. The molecule has 9 aromatic carbocycles. The van der Waals surface area contributed by atoms with E-state index in [4.69, 9.17) is 4.42 Å². The maximum Gasteiger partial charge on any atom is 0.243 e. The first-order valence-electron chi connectivity index (χ1n) is 20.3. The van der Waals surface area contributed by atoms with Crippen molar-refractivity contribution in [3.8, 4) is 39.1 Å². The quantitative estimate of drug-likeness (QED) is 0.162. The van der Waals surface area contributed by atoms with Crippen LogP contribution in [0.5, 0.6) is 0 Å². The van der Waals surface area contributed by atoms with E-state index >= 15 is 0 Å². The molecule has 2 aromatic heterocycles. The highest BCUT2D eigenvalue weighted by atomic mass is 16.3. The topological polar surface area (TPSA) is 18.1 Å². The van der Waals surface area contributed by atoms with Gasteiger partial charge in [-0.1, -0.05) is 174 Å². The first kappa shape index (κ1) is 30.8. The number of fused-ring (bicyclic) bond motifs is 18. The fourth-order valence-electron chi connectivity index (χ4n) is 11.6. The van der Waals surface area contributed by atoms with Gasteiger partial charge >= 0.3 is 0 Å². The Hall–Kier alpha value is -7.36. The van der Waals surface area contributed by atoms with Gasteiger partial charge in [-0.05, 0) is 86.5 Å². The van der Waals surface area contributed by atoms with Crippen LogP contribution < -0.4 is 16.4 Å². The normalized spacial score (nSPS) is 14.0. The van der Waals surface area contributed by atoms with Crippen LogP contribution in [0, 0.1) is 0 Å². The second-order valence-electron chi connectivity index (χ2n) is 16.2. The van der Waals surface area contributed by atoms with Gasteiger partial charge in [0.1, 0.15) is 11.2 Å². The van der Waals surface area contributed by atoms with Crippen molar-refractivity contribution in [3.63, 3.8) is 0 Å². The van der Waals surface area contributed by atoms with Gasteiger partial charge in [-0.2, -0.15) is 0 Å².